The molecule has 0 aromatic heterocycles. The highest BCUT2D eigenvalue weighted by atomic mass is 35.5. The molecule has 0 aliphatic rings. The highest BCUT2D eigenvalue weighted by Crippen LogP contribution is 2.03. The Morgan fingerprint density at radius 2 is 1.86 bits per heavy atom. The molecule has 0 aromatic rings. The van der Waals surface area contributed by atoms with Gasteiger partial charge in [0.2, 0.25) is 0 Å². The minimum absolute atomic E-state index is 0.0672. The molecular formula is C9H18ClF2NO. The van der Waals surface area contributed by atoms with E-state index in [2.05, 4.69) is 0 Å². The molecule has 0 spiro atoms. The Labute approximate surface area is 88.8 Å². The molecule has 14 heavy (non-hydrogen) atoms. The van der Waals surface area contributed by atoms with Gasteiger partial charge in [-0.15, -0.1) is 11.6 Å². The Morgan fingerprint density at radius 3 is 2.36 bits per heavy atom. The Morgan fingerprint density at radius 1 is 1.14 bits per heavy atom. The van der Waals surface area contributed by atoms with Crippen LogP contribution in [0.25, 0.3) is 0 Å². The first-order valence-corrected chi connectivity index (χ1v) is 5.41. The minimum atomic E-state index is -2.32. The molecule has 2 nitrogen and oxygen atoms in total. The van der Waals surface area contributed by atoms with Gasteiger partial charge in [0.05, 0.1) is 13.2 Å². The van der Waals surface area contributed by atoms with Crippen LogP contribution in [-0.4, -0.2) is 48.6 Å². The number of hydrogen-bond donors (Lipinski definition) is 1. The lowest BCUT2D eigenvalue weighted by Gasteiger charge is -2.20. The molecule has 0 aliphatic carbocycles. The average Bonchev–Trinajstić information content (AvgIpc) is 2.12. The summed E-state index contributed by atoms with van der Waals surface area (Å²) in [4.78, 5) is 1.58. The molecular weight excluding hydrogens is 212 g/mol. The number of rotatable bonds is 9. The molecule has 0 aromatic carbocycles. The topological polar surface area (TPSA) is 23.5 Å². The largest absolute Gasteiger partial charge is 0.395 e. The monoisotopic (exact) mass is 229 g/mol. The van der Waals surface area contributed by atoms with Crippen LogP contribution in [0.3, 0.4) is 0 Å². The highest BCUT2D eigenvalue weighted by molar-refractivity contribution is 6.17. The molecule has 86 valence electrons. The number of alkyl halides is 3. The van der Waals surface area contributed by atoms with Crippen LogP contribution in [-0.2, 0) is 0 Å². The fourth-order valence-electron chi connectivity index (χ4n) is 1.24. The molecule has 0 aliphatic heterocycles. The van der Waals surface area contributed by atoms with Crippen molar-refractivity contribution >= 4 is 11.6 Å². The summed E-state index contributed by atoms with van der Waals surface area (Å²) in [7, 11) is 0. The van der Waals surface area contributed by atoms with E-state index in [1.54, 1.807) is 4.90 Å². The van der Waals surface area contributed by atoms with E-state index in [0.29, 0.717) is 19.0 Å². The van der Waals surface area contributed by atoms with Crippen LogP contribution < -0.4 is 0 Å². The lowest BCUT2D eigenvalue weighted by Crippen LogP contribution is -2.32. The summed E-state index contributed by atoms with van der Waals surface area (Å²) in [6.45, 7) is 0.622. The summed E-state index contributed by atoms with van der Waals surface area (Å²) < 4.78 is 24.1. The van der Waals surface area contributed by atoms with Gasteiger partial charge in [-0.3, -0.25) is 4.90 Å². The van der Waals surface area contributed by atoms with Crippen LogP contribution in [0.4, 0.5) is 8.78 Å². The number of nitrogens with zero attached hydrogens (tertiary/aromatic N) is 1. The number of hydrogen-bond acceptors (Lipinski definition) is 2. The number of aliphatic hydroxyl groups excluding tert-OH is 1. The first kappa shape index (κ1) is 14.1. The molecule has 0 bridgehead atoms. The third kappa shape index (κ3) is 8.66. The summed E-state index contributed by atoms with van der Waals surface area (Å²) in [5, 5.41) is 8.64. The summed E-state index contributed by atoms with van der Waals surface area (Å²) in [5.41, 5.74) is 0. The highest BCUT2D eigenvalue weighted by Gasteiger charge is 2.10. The van der Waals surface area contributed by atoms with Crippen LogP contribution in [0, 0.1) is 0 Å². The number of unbranched alkanes of at least 4 members (excludes halogenated alkanes) is 2. The molecule has 0 atom stereocenters. The van der Waals surface area contributed by atoms with Gasteiger partial charge in [0.25, 0.3) is 6.43 Å². The second-order valence-electron chi connectivity index (χ2n) is 3.16. The second-order valence-corrected chi connectivity index (χ2v) is 3.54. The van der Waals surface area contributed by atoms with Gasteiger partial charge < -0.3 is 5.11 Å². The van der Waals surface area contributed by atoms with Crippen LogP contribution in [0.2, 0.25) is 0 Å². The van der Waals surface area contributed by atoms with E-state index < -0.39 is 6.43 Å². The van der Waals surface area contributed by atoms with Gasteiger partial charge in [-0.2, -0.15) is 0 Å². The molecule has 0 heterocycles. The predicted molar refractivity (Wildman–Crippen MR) is 54.1 cm³/mol. The van der Waals surface area contributed by atoms with Crippen LogP contribution in [0.15, 0.2) is 0 Å². The van der Waals surface area contributed by atoms with Crippen molar-refractivity contribution in [3.8, 4) is 0 Å². The van der Waals surface area contributed by atoms with Crippen molar-refractivity contribution in [2.45, 2.75) is 25.7 Å². The smallest absolute Gasteiger partial charge is 0.251 e. The molecule has 0 radical (unpaired) electrons. The first-order chi connectivity index (χ1) is 6.70. The van der Waals surface area contributed by atoms with Crippen molar-refractivity contribution in [3.05, 3.63) is 0 Å². The molecule has 0 amide bonds. The zero-order chi connectivity index (χ0) is 10.8. The standard InChI is InChI=1S/C9H18ClF2NO/c10-4-2-1-3-5-13(6-7-14)8-9(11)12/h9,14H,1-8H2. The Bertz CT molecular complexity index is 127. The third-order valence-corrected chi connectivity index (χ3v) is 2.19. The first-order valence-electron chi connectivity index (χ1n) is 4.88. The zero-order valence-electron chi connectivity index (χ0n) is 8.26. The van der Waals surface area contributed by atoms with E-state index in [1.165, 1.54) is 0 Å². The van der Waals surface area contributed by atoms with Crippen molar-refractivity contribution in [1.82, 2.24) is 4.90 Å². The normalized spacial score (nSPS) is 11.6. The maximum Gasteiger partial charge on any atom is 0.251 e. The molecule has 1 N–H and O–H groups in total. The maximum atomic E-state index is 12.0. The van der Waals surface area contributed by atoms with Crippen molar-refractivity contribution in [1.29, 1.82) is 0 Å². The van der Waals surface area contributed by atoms with Gasteiger partial charge >= 0.3 is 0 Å². The summed E-state index contributed by atoms with van der Waals surface area (Å²) in [5.74, 6) is 0.620. The van der Waals surface area contributed by atoms with Crippen molar-refractivity contribution in [2.24, 2.45) is 0 Å². The number of aliphatic hydroxyl groups is 1. The molecule has 0 rings (SSSR count). The Hall–Kier alpha value is 0.0700. The quantitative estimate of drug-likeness (QED) is 0.483. The SMILES string of the molecule is OCCN(CCCCCCl)CC(F)F. The summed E-state index contributed by atoms with van der Waals surface area (Å²) in [6.07, 6.45) is 0.409. The minimum Gasteiger partial charge on any atom is -0.395 e. The third-order valence-electron chi connectivity index (χ3n) is 1.92. The Balaban J connectivity index is 3.51. The van der Waals surface area contributed by atoms with E-state index in [0.717, 1.165) is 19.3 Å². The van der Waals surface area contributed by atoms with Gasteiger partial charge in [-0.05, 0) is 19.4 Å². The van der Waals surface area contributed by atoms with Crippen molar-refractivity contribution < 1.29 is 13.9 Å². The van der Waals surface area contributed by atoms with Gasteiger partial charge in [0.15, 0.2) is 0 Å². The van der Waals surface area contributed by atoms with Crippen LogP contribution >= 0.6 is 11.6 Å². The molecule has 5 heteroatoms. The Kier molecular flexibility index (Phi) is 9.67. The van der Waals surface area contributed by atoms with Crippen molar-refractivity contribution in [2.75, 3.05) is 32.1 Å². The second kappa shape index (κ2) is 9.62. The van der Waals surface area contributed by atoms with Crippen molar-refractivity contribution in [3.63, 3.8) is 0 Å². The predicted octanol–water partition coefficient (Wildman–Crippen LogP) is 1.95. The van der Waals surface area contributed by atoms with E-state index in [9.17, 15) is 8.78 Å². The lowest BCUT2D eigenvalue weighted by atomic mass is 10.2. The lowest BCUT2D eigenvalue weighted by molar-refractivity contribution is 0.0775. The van der Waals surface area contributed by atoms with Crippen LogP contribution in [0.1, 0.15) is 19.3 Å². The fraction of sp³-hybridized carbons (Fsp3) is 1.00. The summed E-state index contributed by atoms with van der Waals surface area (Å²) >= 11 is 5.49. The maximum absolute atomic E-state index is 12.0. The molecule has 0 unspecified atom stereocenters. The van der Waals surface area contributed by atoms with Gasteiger partial charge in [0, 0.05) is 12.4 Å². The van der Waals surface area contributed by atoms with E-state index >= 15 is 0 Å². The zero-order valence-corrected chi connectivity index (χ0v) is 9.02. The van der Waals surface area contributed by atoms with Crippen LogP contribution in [0.5, 0.6) is 0 Å². The van der Waals surface area contributed by atoms with E-state index in [4.69, 9.17) is 16.7 Å². The fourth-order valence-corrected chi connectivity index (χ4v) is 1.43. The number of halogens is 3. The van der Waals surface area contributed by atoms with Gasteiger partial charge in [-0.1, -0.05) is 6.42 Å². The van der Waals surface area contributed by atoms with E-state index in [-0.39, 0.29) is 13.2 Å². The average molecular weight is 230 g/mol. The van der Waals surface area contributed by atoms with E-state index in [1.807, 2.05) is 0 Å². The van der Waals surface area contributed by atoms with Gasteiger partial charge in [-0.25, -0.2) is 8.78 Å². The molecule has 0 saturated carbocycles. The molecule has 0 saturated heterocycles. The molecule has 0 fully saturated rings. The van der Waals surface area contributed by atoms with Gasteiger partial charge in [0.1, 0.15) is 0 Å². The summed E-state index contributed by atoms with van der Waals surface area (Å²) in [6, 6.07) is 0.